The Morgan fingerprint density at radius 2 is 1.80 bits per heavy atom. The topological polar surface area (TPSA) is 77.8 Å². The van der Waals surface area contributed by atoms with Crippen LogP contribution in [0.5, 0.6) is 11.5 Å². The molecular weight excluding hydrogens is 406 g/mol. The van der Waals surface area contributed by atoms with Crippen LogP contribution in [0.1, 0.15) is 28.5 Å². The number of carbonyl (C=O) groups excluding carboxylic acids is 1. The number of benzene rings is 2. The molecule has 1 heterocycles. The highest BCUT2D eigenvalue weighted by molar-refractivity contribution is 6.31. The van der Waals surface area contributed by atoms with Crippen molar-refractivity contribution in [2.75, 3.05) is 6.61 Å². The van der Waals surface area contributed by atoms with Crippen LogP contribution in [0, 0.1) is 6.92 Å². The average molecular weight is 428 g/mol. The van der Waals surface area contributed by atoms with Crippen LogP contribution in [0.15, 0.2) is 60.8 Å². The van der Waals surface area contributed by atoms with Crippen LogP contribution >= 0.6 is 11.6 Å². The fourth-order valence-electron chi connectivity index (χ4n) is 2.86. The summed E-state index contributed by atoms with van der Waals surface area (Å²) in [7, 11) is 0. The predicted octanol–water partition coefficient (Wildman–Crippen LogP) is 4.61. The number of aliphatic carboxylic acids is 1. The van der Waals surface area contributed by atoms with Crippen molar-refractivity contribution in [3.8, 4) is 11.5 Å². The minimum atomic E-state index is -1.04. The first-order valence-corrected chi connectivity index (χ1v) is 9.80. The summed E-state index contributed by atoms with van der Waals surface area (Å²) in [5, 5.41) is 9.43. The molecule has 0 saturated carbocycles. The molecule has 0 spiro atoms. The van der Waals surface area contributed by atoms with Crippen LogP contribution in [0.25, 0.3) is 0 Å². The van der Waals surface area contributed by atoms with Gasteiger partial charge >= 0.3 is 5.97 Å². The van der Waals surface area contributed by atoms with Crippen LogP contribution in [0.3, 0.4) is 0 Å². The van der Waals surface area contributed by atoms with E-state index in [1.54, 1.807) is 53.2 Å². The van der Waals surface area contributed by atoms with Crippen molar-refractivity contribution in [1.29, 1.82) is 0 Å². The lowest BCUT2D eigenvalue weighted by molar-refractivity contribution is -0.144. The number of hydrogen-bond acceptors (Lipinski definition) is 4. The van der Waals surface area contributed by atoms with E-state index in [0.29, 0.717) is 34.3 Å². The Balaban J connectivity index is 1.65. The largest absolute Gasteiger partial charge is 0.492 e. The van der Waals surface area contributed by atoms with E-state index in [2.05, 4.69) is 0 Å². The quantitative estimate of drug-likeness (QED) is 0.504. The first kappa shape index (κ1) is 21.5. The summed E-state index contributed by atoms with van der Waals surface area (Å²) >= 11 is 6.13. The van der Waals surface area contributed by atoms with Gasteiger partial charge in [-0.1, -0.05) is 47.5 Å². The second-order valence-corrected chi connectivity index (χ2v) is 7.29. The van der Waals surface area contributed by atoms with Crippen LogP contribution < -0.4 is 9.47 Å². The molecule has 7 heteroatoms. The molecule has 0 fully saturated rings. The molecular formula is C23H22ClNO5. The maximum atomic E-state index is 12.8. The first-order valence-electron chi connectivity index (χ1n) is 9.43. The Bertz CT molecular complexity index is 1040. The molecule has 0 bridgehead atoms. The third-order valence-corrected chi connectivity index (χ3v) is 4.68. The fourth-order valence-corrected chi connectivity index (χ4v) is 3.08. The highest BCUT2D eigenvalue weighted by atomic mass is 35.5. The van der Waals surface area contributed by atoms with Gasteiger partial charge in [-0.15, -0.1) is 0 Å². The zero-order chi connectivity index (χ0) is 21.7. The van der Waals surface area contributed by atoms with E-state index in [9.17, 15) is 9.59 Å². The molecule has 0 unspecified atom stereocenters. The second-order valence-electron chi connectivity index (χ2n) is 6.85. The van der Waals surface area contributed by atoms with Crippen molar-refractivity contribution < 1.29 is 24.2 Å². The third-order valence-electron chi connectivity index (χ3n) is 4.48. The van der Waals surface area contributed by atoms with Crippen molar-refractivity contribution in [3.05, 3.63) is 82.6 Å². The molecule has 1 aromatic heterocycles. The minimum absolute atomic E-state index is 0.111. The lowest BCUT2D eigenvalue weighted by Gasteiger charge is -2.13. The number of nitrogens with zero attached hydrogens (tertiary/aromatic N) is 1. The third kappa shape index (κ3) is 5.42. The second kappa shape index (κ2) is 9.50. The molecule has 2 aromatic carbocycles. The summed E-state index contributed by atoms with van der Waals surface area (Å²) in [6, 6.07) is 15.8. The predicted molar refractivity (Wildman–Crippen MR) is 114 cm³/mol. The normalized spacial score (nSPS) is 11.7. The highest BCUT2D eigenvalue weighted by Crippen LogP contribution is 2.22. The molecule has 1 N–H and O–H groups in total. The average Bonchev–Trinajstić information content (AvgIpc) is 3.08. The van der Waals surface area contributed by atoms with Gasteiger partial charge in [-0.3, -0.25) is 4.79 Å². The van der Waals surface area contributed by atoms with Crippen LogP contribution in [0.2, 0.25) is 5.02 Å². The van der Waals surface area contributed by atoms with E-state index in [1.807, 2.05) is 19.1 Å². The molecule has 0 saturated heterocycles. The van der Waals surface area contributed by atoms with Gasteiger partial charge in [-0.2, -0.15) is 0 Å². The molecule has 0 aliphatic heterocycles. The van der Waals surface area contributed by atoms with Crippen molar-refractivity contribution in [2.45, 2.75) is 26.5 Å². The van der Waals surface area contributed by atoms with Gasteiger partial charge in [0.2, 0.25) is 5.78 Å². The number of carbonyl (C=O) groups is 2. The molecule has 0 amide bonds. The van der Waals surface area contributed by atoms with Gasteiger partial charge < -0.3 is 19.1 Å². The van der Waals surface area contributed by atoms with Gasteiger partial charge in [-0.05, 0) is 32.0 Å². The van der Waals surface area contributed by atoms with Crippen LogP contribution in [-0.2, 0) is 11.3 Å². The van der Waals surface area contributed by atoms with E-state index in [1.165, 1.54) is 6.92 Å². The molecule has 1 atom stereocenters. The molecule has 30 heavy (non-hydrogen) atoms. The number of hydrogen-bond donors (Lipinski definition) is 1. The molecule has 0 radical (unpaired) electrons. The Kier molecular flexibility index (Phi) is 6.79. The van der Waals surface area contributed by atoms with E-state index in [0.717, 1.165) is 5.56 Å². The maximum Gasteiger partial charge on any atom is 0.344 e. The molecule has 0 aliphatic rings. The Morgan fingerprint density at radius 3 is 2.50 bits per heavy atom. The Labute approximate surface area is 179 Å². The maximum absolute atomic E-state index is 12.8. The van der Waals surface area contributed by atoms with E-state index < -0.39 is 12.1 Å². The number of halogens is 1. The SMILES string of the molecule is Cc1ccc(C(=O)c2cc(Cl)cn2CCOc2cccc(O[C@@H](C)C(=O)O)c2)cc1. The van der Waals surface area contributed by atoms with E-state index in [4.69, 9.17) is 26.2 Å². The minimum Gasteiger partial charge on any atom is -0.492 e. The molecule has 3 aromatic rings. The van der Waals surface area contributed by atoms with Crippen molar-refractivity contribution in [1.82, 2.24) is 4.57 Å². The zero-order valence-corrected chi connectivity index (χ0v) is 17.4. The first-order chi connectivity index (χ1) is 14.3. The number of carboxylic acid groups (broad SMARTS) is 1. The van der Waals surface area contributed by atoms with Crippen molar-refractivity contribution in [2.24, 2.45) is 0 Å². The van der Waals surface area contributed by atoms with Crippen LogP contribution in [-0.4, -0.2) is 34.1 Å². The standard InChI is InChI=1S/C23H22ClNO5/c1-15-6-8-17(9-7-15)22(26)21-12-18(24)14-25(21)10-11-29-19-4-3-5-20(13-19)30-16(2)23(27)28/h3-9,12-14,16H,10-11H2,1-2H3,(H,27,28)/t16-/m0/s1. The number of ketones is 1. The summed E-state index contributed by atoms with van der Waals surface area (Å²) in [4.78, 5) is 23.8. The summed E-state index contributed by atoms with van der Waals surface area (Å²) in [6.07, 6.45) is 0.734. The van der Waals surface area contributed by atoms with Gasteiger partial charge in [0.15, 0.2) is 6.10 Å². The lowest BCUT2D eigenvalue weighted by atomic mass is 10.1. The smallest absolute Gasteiger partial charge is 0.344 e. The fraction of sp³-hybridized carbons (Fsp3) is 0.217. The van der Waals surface area contributed by atoms with Gasteiger partial charge in [0.25, 0.3) is 0 Å². The van der Waals surface area contributed by atoms with E-state index in [-0.39, 0.29) is 12.4 Å². The Hall–Kier alpha value is -3.25. The lowest BCUT2D eigenvalue weighted by Crippen LogP contribution is -2.22. The van der Waals surface area contributed by atoms with Crippen LogP contribution in [0.4, 0.5) is 0 Å². The summed E-state index contributed by atoms with van der Waals surface area (Å²) < 4.78 is 12.9. The number of aryl methyl sites for hydroxylation is 1. The highest BCUT2D eigenvalue weighted by Gasteiger charge is 2.16. The van der Waals surface area contributed by atoms with Gasteiger partial charge in [-0.25, -0.2) is 4.79 Å². The molecule has 3 rings (SSSR count). The number of ether oxygens (including phenoxy) is 2. The summed E-state index contributed by atoms with van der Waals surface area (Å²) in [5.41, 5.74) is 2.16. The number of carboxylic acids is 1. The van der Waals surface area contributed by atoms with E-state index >= 15 is 0 Å². The Morgan fingerprint density at radius 1 is 1.10 bits per heavy atom. The van der Waals surface area contributed by atoms with Crippen molar-refractivity contribution >= 4 is 23.4 Å². The number of rotatable bonds is 9. The summed E-state index contributed by atoms with van der Waals surface area (Å²) in [5.74, 6) is -0.215. The van der Waals surface area contributed by atoms with Gasteiger partial charge in [0, 0.05) is 17.8 Å². The molecule has 6 nitrogen and oxygen atoms in total. The molecule has 156 valence electrons. The number of aromatic nitrogens is 1. The van der Waals surface area contributed by atoms with Gasteiger partial charge in [0.1, 0.15) is 18.1 Å². The molecule has 0 aliphatic carbocycles. The zero-order valence-electron chi connectivity index (χ0n) is 16.7. The monoisotopic (exact) mass is 427 g/mol. The van der Waals surface area contributed by atoms with Crippen molar-refractivity contribution in [3.63, 3.8) is 0 Å². The summed E-state index contributed by atoms with van der Waals surface area (Å²) in [6.45, 7) is 4.12. The van der Waals surface area contributed by atoms with Gasteiger partial charge in [0.05, 0.1) is 17.3 Å².